The third kappa shape index (κ3) is 6.38. The summed E-state index contributed by atoms with van der Waals surface area (Å²) in [6.45, 7) is -1.36. The van der Waals surface area contributed by atoms with Crippen LogP contribution >= 0.6 is 0 Å². The fraction of sp³-hybridized carbons (Fsp3) is 0.625. The van der Waals surface area contributed by atoms with E-state index in [1.165, 1.54) is 0 Å². The third-order valence-corrected chi connectivity index (χ3v) is 1.72. The molecule has 0 fully saturated rings. The lowest BCUT2D eigenvalue weighted by molar-refractivity contribution is -0.186. The molecule has 0 saturated heterocycles. The van der Waals surface area contributed by atoms with Gasteiger partial charge >= 0.3 is 24.0 Å². The van der Waals surface area contributed by atoms with E-state index in [2.05, 4.69) is 0 Å². The molecule has 0 rings (SSSR count). The number of amides is 1. The van der Waals surface area contributed by atoms with Crippen LogP contribution in [0, 0.1) is 0 Å². The van der Waals surface area contributed by atoms with Gasteiger partial charge in [0.25, 0.3) is 0 Å². The fourth-order valence-corrected chi connectivity index (χ4v) is 0.955. The van der Waals surface area contributed by atoms with Crippen LogP contribution in [0.15, 0.2) is 0 Å². The van der Waals surface area contributed by atoms with Gasteiger partial charge in [0, 0.05) is 13.1 Å². The summed E-state index contributed by atoms with van der Waals surface area (Å²) in [5, 5.41) is 16.6. The number of carboxylic acid groups (broad SMARTS) is 2. The minimum Gasteiger partial charge on any atom is -0.481 e. The van der Waals surface area contributed by atoms with Gasteiger partial charge in [-0.1, -0.05) is 0 Å². The predicted octanol–water partition coefficient (Wildman–Crippen LogP) is 0.327. The molecule has 0 heterocycles. The summed E-state index contributed by atoms with van der Waals surface area (Å²) in [5.74, 6) is -4.99. The van der Waals surface area contributed by atoms with Gasteiger partial charge in [-0.3, -0.25) is 14.4 Å². The Morgan fingerprint density at radius 2 is 1.29 bits per heavy atom. The molecule has 1 amide bonds. The summed E-state index contributed by atoms with van der Waals surface area (Å²) in [7, 11) is 0. The van der Waals surface area contributed by atoms with E-state index in [-0.39, 0.29) is 4.90 Å². The molecule has 0 bridgehead atoms. The van der Waals surface area contributed by atoms with Crippen LogP contribution in [0.4, 0.5) is 13.2 Å². The SMILES string of the molecule is O=C(O)CCN(CCC(=O)O)C(=O)C(F)(F)F. The summed E-state index contributed by atoms with van der Waals surface area (Å²) < 4.78 is 36.2. The van der Waals surface area contributed by atoms with Gasteiger partial charge in [-0.2, -0.15) is 13.2 Å². The molecule has 6 nitrogen and oxygen atoms in total. The maximum atomic E-state index is 12.1. The van der Waals surface area contributed by atoms with Crippen molar-refractivity contribution in [3.8, 4) is 0 Å². The van der Waals surface area contributed by atoms with Crippen LogP contribution in [0.25, 0.3) is 0 Å². The van der Waals surface area contributed by atoms with E-state index < -0.39 is 50.0 Å². The molecular formula is C8H10F3NO5. The summed E-state index contributed by atoms with van der Waals surface area (Å²) in [6, 6.07) is 0. The lowest BCUT2D eigenvalue weighted by atomic mass is 10.3. The monoisotopic (exact) mass is 257 g/mol. The van der Waals surface area contributed by atoms with Crippen molar-refractivity contribution in [1.29, 1.82) is 0 Å². The Bertz CT molecular complexity index is 297. The van der Waals surface area contributed by atoms with Gasteiger partial charge in [-0.25, -0.2) is 0 Å². The van der Waals surface area contributed by atoms with Crippen molar-refractivity contribution < 1.29 is 37.8 Å². The number of alkyl halides is 3. The zero-order chi connectivity index (χ0) is 13.6. The molecular weight excluding hydrogens is 247 g/mol. The lowest BCUT2D eigenvalue weighted by Crippen LogP contribution is -2.43. The second-order valence-electron chi connectivity index (χ2n) is 3.08. The lowest BCUT2D eigenvalue weighted by Gasteiger charge is -2.22. The van der Waals surface area contributed by atoms with Gasteiger partial charge in [0.2, 0.25) is 0 Å². The van der Waals surface area contributed by atoms with E-state index in [1.807, 2.05) is 0 Å². The summed E-state index contributed by atoms with van der Waals surface area (Å²) in [6.07, 6.45) is -6.50. The summed E-state index contributed by atoms with van der Waals surface area (Å²) in [5.41, 5.74) is 0. The molecule has 0 aliphatic rings. The molecule has 0 aromatic heterocycles. The number of aliphatic carboxylic acids is 2. The second kappa shape index (κ2) is 6.06. The first-order valence-electron chi connectivity index (χ1n) is 4.44. The number of halogens is 3. The molecule has 98 valence electrons. The number of carbonyl (C=O) groups excluding carboxylic acids is 1. The minimum absolute atomic E-state index is 0.169. The highest BCUT2D eigenvalue weighted by atomic mass is 19.4. The molecule has 17 heavy (non-hydrogen) atoms. The van der Waals surface area contributed by atoms with Crippen LogP contribution < -0.4 is 0 Å². The Balaban J connectivity index is 4.54. The second-order valence-corrected chi connectivity index (χ2v) is 3.08. The van der Waals surface area contributed by atoms with Crippen molar-refractivity contribution in [2.75, 3.05) is 13.1 Å². The zero-order valence-corrected chi connectivity index (χ0v) is 8.53. The van der Waals surface area contributed by atoms with Gasteiger partial charge < -0.3 is 15.1 Å². The smallest absolute Gasteiger partial charge is 0.471 e. The maximum Gasteiger partial charge on any atom is 0.471 e. The number of carbonyl (C=O) groups is 3. The topological polar surface area (TPSA) is 94.9 Å². The van der Waals surface area contributed by atoms with Gasteiger partial charge in [0.1, 0.15) is 0 Å². The van der Waals surface area contributed by atoms with E-state index in [1.54, 1.807) is 0 Å². The largest absolute Gasteiger partial charge is 0.481 e. The first-order valence-corrected chi connectivity index (χ1v) is 4.44. The van der Waals surface area contributed by atoms with E-state index in [0.717, 1.165) is 0 Å². The van der Waals surface area contributed by atoms with Crippen LogP contribution in [-0.4, -0.2) is 52.2 Å². The molecule has 0 aromatic rings. The van der Waals surface area contributed by atoms with Crippen LogP contribution in [0.2, 0.25) is 0 Å². The molecule has 0 aliphatic carbocycles. The van der Waals surface area contributed by atoms with Gasteiger partial charge in [0.15, 0.2) is 0 Å². The van der Waals surface area contributed by atoms with Gasteiger partial charge in [-0.05, 0) is 0 Å². The Hall–Kier alpha value is -1.80. The molecule has 0 aliphatic heterocycles. The number of nitrogens with zero attached hydrogens (tertiary/aromatic N) is 1. The van der Waals surface area contributed by atoms with E-state index >= 15 is 0 Å². The highest BCUT2D eigenvalue weighted by molar-refractivity contribution is 5.82. The highest BCUT2D eigenvalue weighted by Crippen LogP contribution is 2.18. The maximum absolute atomic E-state index is 12.1. The standard InChI is InChI=1S/C8H10F3NO5/c9-8(10,11)7(17)12(3-1-5(13)14)4-2-6(15)16/h1-4H2,(H,13,14)(H,15,16). The number of rotatable bonds is 6. The molecule has 0 aromatic carbocycles. The van der Waals surface area contributed by atoms with Crippen molar-refractivity contribution in [3.63, 3.8) is 0 Å². The average molecular weight is 257 g/mol. The Morgan fingerprint density at radius 3 is 1.53 bits per heavy atom. The van der Waals surface area contributed by atoms with Crippen molar-refractivity contribution in [1.82, 2.24) is 4.90 Å². The van der Waals surface area contributed by atoms with E-state index in [9.17, 15) is 27.6 Å². The van der Waals surface area contributed by atoms with E-state index in [0.29, 0.717) is 0 Å². The first kappa shape index (κ1) is 15.2. The zero-order valence-electron chi connectivity index (χ0n) is 8.53. The van der Waals surface area contributed by atoms with E-state index in [4.69, 9.17) is 10.2 Å². The van der Waals surface area contributed by atoms with Crippen molar-refractivity contribution >= 4 is 17.8 Å². The average Bonchev–Trinajstić information content (AvgIpc) is 2.14. The molecule has 0 atom stereocenters. The summed E-state index contributed by atoms with van der Waals surface area (Å²) in [4.78, 5) is 31.3. The third-order valence-electron chi connectivity index (χ3n) is 1.72. The minimum atomic E-state index is -5.14. The molecule has 9 heteroatoms. The van der Waals surface area contributed by atoms with Crippen LogP contribution in [0.5, 0.6) is 0 Å². The highest BCUT2D eigenvalue weighted by Gasteiger charge is 2.42. The van der Waals surface area contributed by atoms with Crippen LogP contribution in [0.3, 0.4) is 0 Å². The normalized spacial score (nSPS) is 11.0. The van der Waals surface area contributed by atoms with Gasteiger partial charge in [-0.15, -0.1) is 0 Å². The Labute approximate surface area is 93.6 Å². The summed E-state index contributed by atoms with van der Waals surface area (Å²) >= 11 is 0. The van der Waals surface area contributed by atoms with Crippen LogP contribution in [0.1, 0.15) is 12.8 Å². The van der Waals surface area contributed by atoms with Crippen molar-refractivity contribution in [2.45, 2.75) is 19.0 Å². The van der Waals surface area contributed by atoms with Crippen molar-refractivity contribution in [3.05, 3.63) is 0 Å². The number of hydrogen-bond donors (Lipinski definition) is 2. The Kier molecular flexibility index (Phi) is 5.42. The van der Waals surface area contributed by atoms with Crippen LogP contribution in [-0.2, 0) is 14.4 Å². The predicted molar refractivity (Wildman–Crippen MR) is 47.1 cm³/mol. The van der Waals surface area contributed by atoms with Gasteiger partial charge in [0.05, 0.1) is 12.8 Å². The quantitative estimate of drug-likeness (QED) is 0.714. The molecule has 2 N–H and O–H groups in total. The molecule has 0 radical (unpaired) electrons. The first-order chi connectivity index (χ1) is 7.64. The molecule has 0 spiro atoms. The number of hydrogen-bond acceptors (Lipinski definition) is 3. The fourth-order valence-electron chi connectivity index (χ4n) is 0.955. The molecule has 0 unspecified atom stereocenters. The van der Waals surface area contributed by atoms with Crippen molar-refractivity contribution in [2.24, 2.45) is 0 Å². The molecule has 0 saturated carbocycles. The number of carboxylic acids is 2. The Morgan fingerprint density at radius 1 is 0.941 bits per heavy atom.